The van der Waals surface area contributed by atoms with Gasteiger partial charge in [-0.05, 0) is 41.9 Å². The van der Waals surface area contributed by atoms with Crippen molar-refractivity contribution in [2.45, 2.75) is 45.6 Å². The summed E-state index contributed by atoms with van der Waals surface area (Å²) in [6.45, 7) is 5.78. The van der Waals surface area contributed by atoms with Crippen LogP contribution in [0, 0.1) is 16.2 Å². The molecule has 0 radical (unpaired) electrons. The Balaban J connectivity index is 1.74. The highest BCUT2D eigenvalue weighted by atomic mass is 16.5. The minimum atomic E-state index is -0.0870. The maximum Gasteiger partial charge on any atom is 0.322 e. The summed E-state index contributed by atoms with van der Waals surface area (Å²) in [5.41, 5.74) is 1.43. The van der Waals surface area contributed by atoms with Crippen molar-refractivity contribution in [3.63, 3.8) is 0 Å². The van der Waals surface area contributed by atoms with E-state index in [1.54, 1.807) is 0 Å². The number of hydrogen-bond acceptors (Lipinski definition) is 3. The molecule has 1 N–H and O–H groups in total. The fraction of sp³-hybridized carbons (Fsp3) is 0.923. The van der Waals surface area contributed by atoms with Gasteiger partial charge in [-0.3, -0.25) is 4.79 Å². The Labute approximate surface area is 96.9 Å². The van der Waals surface area contributed by atoms with E-state index in [2.05, 4.69) is 19.2 Å². The maximum absolute atomic E-state index is 11.5. The lowest BCUT2D eigenvalue weighted by molar-refractivity contribution is -0.142. The average molecular weight is 223 g/mol. The highest BCUT2D eigenvalue weighted by Gasteiger charge is 2.77. The molecule has 90 valence electrons. The quantitative estimate of drug-likeness (QED) is 0.688. The Kier molecular flexibility index (Phi) is 1.86. The van der Waals surface area contributed by atoms with Crippen molar-refractivity contribution in [2.75, 3.05) is 13.7 Å². The van der Waals surface area contributed by atoms with Gasteiger partial charge >= 0.3 is 5.97 Å². The minimum Gasteiger partial charge on any atom is -0.468 e. The van der Waals surface area contributed by atoms with Crippen LogP contribution < -0.4 is 5.32 Å². The first kappa shape index (κ1) is 10.6. The third-order valence-corrected chi connectivity index (χ3v) is 5.77. The van der Waals surface area contributed by atoms with E-state index in [0.29, 0.717) is 16.2 Å². The molecule has 3 fully saturated rings. The van der Waals surface area contributed by atoms with Crippen LogP contribution in [0.1, 0.15) is 39.5 Å². The lowest BCUT2D eigenvalue weighted by Gasteiger charge is -2.49. The topological polar surface area (TPSA) is 38.3 Å². The number of carbonyl (C=O) groups excluding carboxylic acids is 1. The van der Waals surface area contributed by atoms with Gasteiger partial charge in [-0.2, -0.15) is 0 Å². The van der Waals surface area contributed by atoms with E-state index >= 15 is 0 Å². The molecule has 1 saturated heterocycles. The van der Waals surface area contributed by atoms with Gasteiger partial charge in [0.15, 0.2) is 0 Å². The molecule has 3 rings (SSSR count). The number of fused-ring (bicyclic) bond motifs is 1. The third kappa shape index (κ3) is 1.01. The van der Waals surface area contributed by atoms with Gasteiger partial charge in [-0.1, -0.05) is 13.8 Å². The van der Waals surface area contributed by atoms with Crippen molar-refractivity contribution in [3.05, 3.63) is 0 Å². The molecule has 0 aromatic heterocycles. The van der Waals surface area contributed by atoms with Gasteiger partial charge in [-0.25, -0.2) is 0 Å². The summed E-state index contributed by atoms with van der Waals surface area (Å²) in [5.74, 6) is -0.0870. The molecular weight excluding hydrogens is 202 g/mol. The van der Waals surface area contributed by atoms with Crippen LogP contribution in [0.15, 0.2) is 0 Å². The van der Waals surface area contributed by atoms with Crippen LogP contribution in [0.5, 0.6) is 0 Å². The van der Waals surface area contributed by atoms with E-state index < -0.39 is 0 Å². The van der Waals surface area contributed by atoms with Gasteiger partial charge in [0.05, 0.1) is 7.11 Å². The summed E-state index contributed by atoms with van der Waals surface area (Å²) in [5, 5.41) is 3.35. The number of hydrogen-bond donors (Lipinski definition) is 1. The van der Waals surface area contributed by atoms with Gasteiger partial charge in [0.2, 0.25) is 0 Å². The number of rotatable bonds is 1. The molecule has 2 aliphatic carbocycles. The van der Waals surface area contributed by atoms with Gasteiger partial charge in [0, 0.05) is 6.54 Å². The summed E-state index contributed by atoms with van der Waals surface area (Å²) >= 11 is 0. The zero-order valence-corrected chi connectivity index (χ0v) is 10.4. The normalized spacial score (nSPS) is 48.1. The zero-order chi connectivity index (χ0) is 11.6. The minimum absolute atomic E-state index is 0.0548. The first-order valence-corrected chi connectivity index (χ1v) is 6.28. The lowest BCUT2D eigenvalue weighted by Crippen LogP contribution is -2.41. The van der Waals surface area contributed by atoms with Crippen molar-refractivity contribution in [2.24, 2.45) is 16.2 Å². The second kappa shape index (κ2) is 2.81. The number of ether oxygens (including phenoxy) is 1. The number of esters is 1. The standard InChI is InChI=1S/C13H21NO2/c1-11(2)4-5-13(11)7-12(13)6-9(14-8-12)10(15)16-3/h9,14H,4-8H2,1-3H3. The molecule has 3 atom stereocenters. The summed E-state index contributed by atoms with van der Waals surface area (Å²) in [6, 6.07) is -0.0548. The van der Waals surface area contributed by atoms with Crippen molar-refractivity contribution >= 4 is 5.97 Å². The van der Waals surface area contributed by atoms with Crippen LogP contribution in [0.2, 0.25) is 0 Å². The predicted octanol–water partition coefficient (Wildman–Crippen LogP) is 1.72. The summed E-state index contributed by atoms with van der Waals surface area (Å²) in [4.78, 5) is 11.5. The van der Waals surface area contributed by atoms with Crippen molar-refractivity contribution < 1.29 is 9.53 Å². The Morgan fingerprint density at radius 1 is 1.38 bits per heavy atom. The Morgan fingerprint density at radius 3 is 2.56 bits per heavy atom. The summed E-state index contributed by atoms with van der Waals surface area (Å²) in [7, 11) is 1.48. The zero-order valence-electron chi connectivity index (χ0n) is 10.4. The smallest absolute Gasteiger partial charge is 0.322 e. The van der Waals surface area contributed by atoms with E-state index in [-0.39, 0.29) is 12.0 Å². The Hall–Kier alpha value is -0.570. The number of methoxy groups -OCH3 is 1. The summed E-state index contributed by atoms with van der Waals surface area (Å²) in [6.07, 6.45) is 5.00. The molecule has 0 amide bonds. The van der Waals surface area contributed by atoms with Crippen LogP contribution in [0.3, 0.4) is 0 Å². The van der Waals surface area contributed by atoms with Crippen LogP contribution in [-0.4, -0.2) is 25.7 Å². The van der Waals surface area contributed by atoms with E-state index in [0.717, 1.165) is 13.0 Å². The van der Waals surface area contributed by atoms with E-state index in [4.69, 9.17) is 4.74 Å². The Morgan fingerprint density at radius 2 is 2.12 bits per heavy atom. The van der Waals surface area contributed by atoms with Gasteiger partial charge < -0.3 is 10.1 Å². The van der Waals surface area contributed by atoms with E-state index in [1.807, 2.05) is 0 Å². The fourth-order valence-corrected chi connectivity index (χ4v) is 4.43. The van der Waals surface area contributed by atoms with Crippen molar-refractivity contribution in [1.29, 1.82) is 0 Å². The fourth-order valence-electron chi connectivity index (χ4n) is 4.43. The summed E-state index contributed by atoms with van der Waals surface area (Å²) < 4.78 is 4.83. The van der Waals surface area contributed by atoms with Gasteiger partial charge in [0.25, 0.3) is 0 Å². The molecule has 3 aliphatic rings. The first-order chi connectivity index (χ1) is 7.46. The highest BCUT2D eigenvalue weighted by Crippen LogP contribution is 2.83. The second-order valence-corrected chi connectivity index (χ2v) is 6.58. The van der Waals surface area contributed by atoms with E-state index in [1.165, 1.54) is 26.4 Å². The maximum atomic E-state index is 11.5. The molecule has 16 heavy (non-hydrogen) atoms. The molecule has 0 aromatic rings. The first-order valence-electron chi connectivity index (χ1n) is 6.28. The van der Waals surface area contributed by atoms with Gasteiger partial charge in [0.1, 0.15) is 6.04 Å². The van der Waals surface area contributed by atoms with Gasteiger partial charge in [-0.15, -0.1) is 0 Å². The van der Waals surface area contributed by atoms with Crippen LogP contribution in [0.4, 0.5) is 0 Å². The van der Waals surface area contributed by atoms with Crippen LogP contribution in [0.25, 0.3) is 0 Å². The highest BCUT2D eigenvalue weighted by molar-refractivity contribution is 5.76. The molecule has 2 spiro atoms. The molecule has 3 heteroatoms. The molecule has 2 saturated carbocycles. The van der Waals surface area contributed by atoms with Crippen LogP contribution in [-0.2, 0) is 9.53 Å². The predicted molar refractivity (Wildman–Crippen MR) is 60.9 cm³/mol. The molecule has 3 nitrogen and oxygen atoms in total. The molecule has 0 bridgehead atoms. The van der Waals surface area contributed by atoms with Crippen molar-refractivity contribution in [3.8, 4) is 0 Å². The monoisotopic (exact) mass is 223 g/mol. The third-order valence-electron chi connectivity index (χ3n) is 5.77. The Bertz CT molecular complexity index is 352. The van der Waals surface area contributed by atoms with Crippen molar-refractivity contribution in [1.82, 2.24) is 5.32 Å². The number of nitrogens with one attached hydrogen (secondary N) is 1. The number of carbonyl (C=O) groups is 1. The van der Waals surface area contributed by atoms with Crippen LogP contribution >= 0.6 is 0 Å². The second-order valence-electron chi connectivity index (χ2n) is 6.58. The lowest BCUT2D eigenvalue weighted by atomic mass is 9.56. The SMILES string of the molecule is COC(=O)C1CC2(CN1)CC21CCC1(C)C. The average Bonchev–Trinajstić information content (AvgIpc) is 2.74. The molecule has 1 aliphatic heterocycles. The molecule has 0 aromatic carbocycles. The molecule has 3 unspecified atom stereocenters. The van der Waals surface area contributed by atoms with E-state index in [9.17, 15) is 4.79 Å². The molecular formula is C13H21NO2. The molecule has 1 heterocycles. The largest absolute Gasteiger partial charge is 0.468 e.